The fourth-order valence-electron chi connectivity index (χ4n) is 4.19. The zero-order valence-electron chi connectivity index (χ0n) is 18.6. The second-order valence-electron chi connectivity index (χ2n) is 8.84. The van der Waals surface area contributed by atoms with Gasteiger partial charge in [-0.1, -0.05) is 17.7 Å². The van der Waals surface area contributed by atoms with E-state index in [0.29, 0.717) is 6.42 Å². The van der Waals surface area contributed by atoms with Gasteiger partial charge in [0.25, 0.3) is 0 Å². The van der Waals surface area contributed by atoms with Crippen molar-refractivity contribution >= 4 is 33.2 Å². The molecule has 8 heteroatoms. The second-order valence-corrected chi connectivity index (χ2v) is 10.6. The summed E-state index contributed by atoms with van der Waals surface area (Å²) in [6.45, 7) is 5.88. The van der Waals surface area contributed by atoms with E-state index in [4.69, 9.17) is 0 Å². The van der Waals surface area contributed by atoms with Crippen LogP contribution in [0, 0.1) is 19.8 Å². The number of rotatable bonds is 7. The molecule has 1 saturated carbocycles. The molecule has 170 valence electrons. The van der Waals surface area contributed by atoms with E-state index >= 15 is 0 Å². The number of aryl methyl sites for hydroxylation is 2. The molecule has 1 fully saturated rings. The van der Waals surface area contributed by atoms with E-state index in [1.54, 1.807) is 12.1 Å². The van der Waals surface area contributed by atoms with Crippen molar-refractivity contribution in [3.8, 4) is 0 Å². The number of benzene rings is 2. The minimum absolute atomic E-state index is 0.00114. The van der Waals surface area contributed by atoms with Crippen LogP contribution < -0.4 is 14.9 Å². The summed E-state index contributed by atoms with van der Waals surface area (Å²) in [6.07, 6.45) is 2.53. The van der Waals surface area contributed by atoms with Crippen molar-refractivity contribution in [1.29, 1.82) is 0 Å². The summed E-state index contributed by atoms with van der Waals surface area (Å²) in [5.74, 6) is -0.000196. The summed E-state index contributed by atoms with van der Waals surface area (Å²) in [5, 5.41) is 2.82. The lowest BCUT2D eigenvalue weighted by Crippen LogP contribution is -2.36. The predicted octanol–water partition coefficient (Wildman–Crippen LogP) is 3.30. The number of hydrogen-bond acceptors (Lipinski definition) is 4. The third-order valence-corrected chi connectivity index (χ3v) is 7.50. The van der Waals surface area contributed by atoms with Crippen LogP contribution in [0.3, 0.4) is 0 Å². The molecule has 0 saturated heterocycles. The molecule has 2 aromatic rings. The van der Waals surface area contributed by atoms with E-state index in [0.717, 1.165) is 40.9 Å². The Morgan fingerprint density at radius 2 is 1.84 bits per heavy atom. The zero-order chi connectivity index (χ0) is 23.0. The highest BCUT2D eigenvalue weighted by molar-refractivity contribution is 7.89. The predicted molar refractivity (Wildman–Crippen MR) is 124 cm³/mol. The summed E-state index contributed by atoms with van der Waals surface area (Å²) in [6, 6.07) is 10.7. The summed E-state index contributed by atoms with van der Waals surface area (Å²) < 4.78 is 28.0. The van der Waals surface area contributed by atoms with Gasteiger partial charge in [-0.2, -0.15) is 0 Å². The van der Waals surface area contributed by atoms with Crippen LogP contribution in [-0.2, 0) is 26.0 Å². The van der Waals surface area contributed by atoms with Gasteiger partial charge in [0.05, 0.1) is 4.90 Å². The number of amides is 2. The van der Waals surface area contributed by atoms with E-state index in [2.05, 4.69) is 10.0 Å². The average Bonchev–Trinajstić information content (AvgIpc) is 3.51. The number of anilines is 2. The Bertz CT molecular complexity index is 1170. The minimum atomic E-state index is -3.76. The summed E-state index contributed by atoms with van der Waals surface area (Å²) in [5.41, 5.74) is 4.46. The van der Waals surface area contributed by atoms with Crippen molar-refractivity contribution in [1.82, 2.24) is 4.72 Å². The van der Waals surface area contributed by atoms with E-state index in [1.165, 1.54) is 6.07 Å². The van der Waals surface area contributed by atoms with Crippen LogP contribution in [0.4, 0.5) is 11.4 Å². The molecule has 1 unspecified atom stereocenters. The summed E-state index contributed by atoms with van der Waals surface area (Å²) in [4.78, 5) is 26.8. The maximum Gasteiger partial charge on any atom is 0.240 e. The van der Waals surface area contributed by atoms with Gasteiger partial charge in [-0.25, -0.2) is 13.1 Å². The van der Waals surface area contributed by atoms with Crippen molar-refractivity contribution < 1.29 is 18.0 Å². The van der Waals surface area contributed by atoms with E-state index in [-0.39, 0.29) is 41.6 Å². The topological polar surface area (TPSA) is 95.6 Å². The SMILES string of the molecule is Cc1ccc(NC(=O)CCNS(=O)(=O)c2ccc3c(c2)CC(C)N3C(=O)C2CC2)c(C)c1. The van der Waals surface area contributed by atoms with Crippen LogP contribution >= 0.6 is 0 Å². The molecular weight excluding hydrogens is 426 g/mol. The molecule has 1 aliphatic heterocycles. The first-order valence-corrected chi connectivity index (χ1v) is 12.5. The van der Waals surface area contributed by atoms with E-state index in [9.17, 15) is 18.0 Å². The lowest BCUT2D eigenvalue weighted by molar-refractivity contribution is -0.120. The molecule has 2 N–H and O–H groups in total. The van der Waals surface area contributed by atoms with Gasteiger partial charge in [0.15, 0.2) is 0 Å². The Balaban J connectivity index is 1.37. The summed E-state index contributed by atoms with van der Waals surface area (Å²) >= 11 is 0. The van der Waals surface area contributed by atoms with Crippen molar-refractivity contribution in [2.75, 3.05) is 16.8 Å². The molecule has 7 nitrogen and oxygen atoms in total. The van der Waals surface area contributed by atoms with Crippen LogP contribution in [0.5, 0.6) is 0 Å². The van der Waals surface area contributed by atoms with Crippen LogP contribution in [0.2, 0.25) is 0 Å². The molecule has 0 aromatic heterocycles. The Kier molecular flexibility index (Phi) is 6.09. The summed E-state index contributed by atoms with van der Waals surface area (Å²) in [7, 11) is -3.76. The first-order chi connectivity index (χ1) is 15.2. The normalized spacial score (nSPS) is 17.8. The van der Waals surface area contributed by atoms with Crippen LogP contribution in [0.15, 0.2) is 41.3 Å². The number of hydrogen-bond donors (Lipinski definition) is 2. The Labute approximate surface area is 189 Å². The highest BCUT2D eigenvalue weighted by atomic mass is 32.2. The molecule has 1 atom stereocenters. The number of carbonyl (C=O) groups excluding carboxylic acids is 2. The van der Waals surface area contributed by atoms with Gasteiger partial charge in [-0.15, -0.1) is 0 Å². The Morgan fingerprint density at radius 1 is 1.09 bits per heavy atom. The van der Waals surface area contributed by atoms with Gasteiger partial charge < -0.3 is 10.2 Å². The van der Waals surface area contributed by atoms with Crippen LogP contribution in [0.1, 0.15) is 42.9 Å². The average molecular weight is 456 g/mol. The van der Waals surface area contributed by atoms with Crippen LogP contribution in [0.25, 0.3) is 0 Å². The smallest absolute Gasteiger partial charge is 0.240 e. The van der Waals surface area contributed by atoms with Crippen molar-refractivity contribution in [2.24, 2.45) is 5.92 Å². The molecule has 2 aliphatic rings. The van der Waals surface area contributed by atoms with Gasteiger partial charge in [0.1, 0.15) is 0 Å². The lowest BCUT2D eigenvalue weighted by Gasteiger charge is -2.22. The molecule has 4 rings (SSSR count). The van der Waals surface area contributed by atoms with Gasteiger partial charge in [0, 0.05) is 36.3 Å². The quantitative estimate of drug-likeness (QED) is 0.670. The van der Waals surface area contributed by atoms with Gasteiger partial charge in [-0.3, -0.25) is 9.59 Å². The highest BCUT2D eigenvalue weighted by Crippen LogP contribution is 2.39. The number of nitrogens with zero attached hydrogens (tertiary/aromatic N) is 1. The minimum Gasteiger partial charge on any atom is -0.326 e. The largest absolute Gasteiger partial charge is 0.326 e. The molecule has 32 heavy (non-hydrogen) atoms. The fourth-order valence-corrected chi connectivity index (χ4v) is 5.27. The molecule has 0 radical (unpaired) electrons. The third-order valence-electron chi connectivity index (χ3n) is 6.04. The van der Waals surface area contributed by atoms with Crippen LogP contribution in [-0.4, -0.2) is 32.8 Å². The standard InChI is InChI=1S/C24H29N3O4S/c1-15-4-8-21(16(2)12-15)26-23(28)10-11-25-32(30,31)20-7-9-22-19(14-20)13-17(3)27(22)24(29)18-5-6-18/h4,7-9,12,14,17-18,25H,5-6,10-11,13H2,1-3H3,(H,26,28). The second kappa shape index (κ2) is 8.67. The number of fused-ring (bicyclic) bond motifs is 1. The molecule has 2 amide bonds. The Hall–Kier alpha value is -2.71. The van der Waals surface area contributed by atoms with E-state index < -0.39 is 10.0 Å². The third kappa shape index (κ3) is 4.71. The Morgan fingerprint density at radius 3 is 2.53 bits per heavy atom. The molecule has 0 spiro atoms. The monoisotopic (exact) mass is 455 g/mol. The molecule has 0 bridgehead atoms. The van der Waals surface area contributed by atoms with Gasteiger partial charge >= 0.3 is 0 Å². The first kappa shape index (κ1) is 22.5. The van der Waals surface area contributed by atoms with Crippen molar-refractivity contribution in [3.05, 3.63) is 53.1 Å². The maximum atomic E-state index is 12.8. The lowest BCUT2D eigenvalue weighted by atomic mass is 10.1. The van der Waals surface area contributed by atoms with Gasteiger partial charge in [-0.05, 0) is 75.4 Å². The molecular formula is C24H29N3O4S. The fraction of sp³-hybridized carbons (Fsp3) is 0.417. The molecule has 1 aliphatic carbocycles. The highest BCUT2D eigenvalue weighted by Gasteiger charge is 2.39. The maximum absolute atomic E-state index is 12.8. The van der Waals surface area contributed by atoms with Crippen molar-refractivity contribution in [3.63, 3.8) is 0 Å². The van der Waals surface area contributed by atoms with Gasteiger partial charge in [0.2, 0.25) is 21.8 Å². The van der Waals surface area contributed by atoms with Crippen molar-refractivity contribution in [2.45, 2.75) is 57.4 Å². The molecule has 2 aromatic carbocycles. The number of carbonyl (C=O) groups is 2. The number of nitrogens with one attached hydrogen (secondary N) is 2. The first-order valence-electron chi connectivity index (χ1n) is 11.0. The van der Waals surface area contributed by atoms with E-state index in [1.807, 2.05) is 43.9 Å². The number of sulfonamides is 1. The molecule has 1 heterocycles. The zero-order valence-corrected chi connectivity index (χ0v) is 19.5.